The molecule has 8 nitrogen and oxygen atoms in total. The van der Waals surface area contributed by atoms with Crippen LogP contribution < -0.4 is 4.74 Å². The molecule has 0 amide bonds. The smallest absolute Gasteiger partial charge is 0.416 e. The Labute approximate surface area is 164 Å². The topological polar surface area (TPSA) is 76.7 Å². The summed E-state index contributed by atoms with van der Waals surface area (Å²) in [5, 5.41) is 10.7. The van der Waals surface area contributed by atoms with Crippen molar-refractivity contribution in [2.75, 3.05) is 32.7 Å². The Morgan fingerprint density at radius 2 is 1.79 bits per heavy atom. The number of fused-ring (bicyclic) bond motifs is 1. The average molecular weight is 411 g/mol. The van der Waals surface area contributed by atoms with Crippen molar-refractivity contribution in [2.24, 2.45) is 0 Å². The van der Waals surface area contributed by atoms with E-state index >= 15 is 0 Å². The molecule has 1 aromatic carbocycles. The molecule has 0 spiro atoms. The van der Waals surface area contributed by atoms with Crippen LogP contribution in [0, 0.1) is 10.1 Å². The monoisotopic (exact) mass is 411 g/mol. The van der Waals surface area contributed by atoms with Crippen LogP contribution in [0.1, 0.15) is 11.1 Å². The number of halogens is 3. The molecule has 1 fully saturated rings. The fourth-order valence-corrected chi connectivity index (χ4v) is 3.67. The van der Waals surface area contributed by atoms with Gasteiger partial charge in [-0.3, -0.25) is 14.4 Å². The average Bonchev–Trinajstić information content (AvgIpc) is 3.22. The highest BCUT2D eigenvalue weighted by atomic mass is 19.4. The molecular weight excluding hydrogens is 391 g/mol. The largest absolute Gasteiger partial charge is 0.439 e. The molecule has 0 aliphatic carbocycles. The van der Waals surface area contributed by atoms with E-state index in [1.54, 1.807) is 4.57 Å². The van der Waals surface area contributed by atoms with Crippen LogP contribution in [-0.4, -0.2) is 63.1 Å². The van der Waals surface area contributed by atoms with E-state index in [4.69, 9.17) is 4.74 Å². The van der Waals surface area contributed by atoms with Crippen molar-refractivity contribution in [3.63, 3.8) is 0 Å². The van der Waals surface area contributed by atoms with Gasteiger partial charge in [0.05, 0.1) is 12.1 Å². The van der Waals surface area contributed by atoms with Gasteiger partial charge in [-0.25, -0.2) is 0 Å². The molecule has 2 aliphatic rings. The molecule has 0 saturated carbocycles. The summed E-state index contributed by atoms with van der Waals surface area (Å²) in [7, 11) is 0. The number of hydrogen-bond donors (Lipinski definition) is 0. The van der Waals surface area contributed by atoms with E-state index in [1.165, 1.54) is 18.3 Å². The first-order valence-corrected chi connectivity index (χ1v) is 9.27. The van der Waals surface area contributed by atoms with E-state index in [0.29, 0.717) is 19.6 Å². The van der Waals surface area contributed by atoms with Crippen molar-refractivity contribution >= 4 is 5.82 Å². The van der Waals surface area contributed by atoms with Crippen molar-refractivity contribution < 1.29 is 22.8 Å². The Hall–Kier alpha value is -2.66. The van der Waals surface area contributed by atoms with E-state index in [2.05, 4.69) is 14.8 Å². The second kappa shape index (κ2) is 7.64. The highest BCUT2D eigenvalue weighted by molar-refractivity contribution is 5.25. The van der Waals surface area contributed by atoms with Gasteiger partial charge in [0.1, 0.15) is 12.3 Å². The van der Waals surface area contributed by atoms with Crippen molar-refractivity contribution in [1.82, 2.24) is 19.4 Å². The minimum atomic E-state index is -4.31. The van der Waals surface area contributed by atoms with E-state index < -0.39 is 16.7 Å². The number of piperazine rings is 1. The van der Waals surface area contributed by atoms with E-state index in [0.717, 1.165) is 43.9 Å². The third kappa shape index (κ3) is 4.51. The third-order valence-corrected chi connectivity index (χ3v) is 5.20. The minimum Gasteiger partial charge on any atom is -0.439 e. The molecule has 2 aliphatic heterocycles. The van der Waals surface area contributed by atoms with Crippen LogP contribution in [0.2, 0.25) is 0 Å². The van der Waals surface area contributed by atoms with Gasteiger partial charge in [0.25, 0.3) is 0 Å². The molecule has 0 N–H and O–H groups in total. The quantitative estimate of drug-likeness (QED) is 0.556. The summed E-state index contributed by atoms with van der Waals surface area (Å²) in [4.78, 5) is 18.5. The Morgan fingerprint density at radius 1 is 1.14 bits per heavy atom. The molecule has 2 aromatic rings. The summed E-state index contributed by atoms with van der Waals surface area (Å²) in [5.74, 6) is -0.213. The second-order valence-corrected chi connectivity index (χ2v) is 7.30. The minimum absolute atomic E-state index is 0.0974. The molecule has 1 atom stereocenters. The fourth-order valence-electron chi connectivity index (χ4n) is 3.67. The zero-order valence-electron chi connectivity index (χ0n) is 15.5. The van der Waals surface area contributed by atoms with Crippen molar-refractivity contribution in [1.29, 1.82) is 0 Å². The van der Waals surface area contributed by atoms with Gasteiger partial charge in [0.15, 0.2) is 0 Å². The maximum absolute atomic E-state index is 12.6. The number of benzene rings is 1. The lowest BCUT2D eigenvalue weighted by Gasteiger charge is -2.35. The van der Waals surface area contributed by atoms with Crippen LogP contribution in [-0.2, 0) is 19.3 Å². The van der Waals surface area contributed by atoms with Crippen LogP contribution in [0.25, 0.3) is 0 Å². The zero-order valence-corrected chi connectivity index (χ0v) is 15.5. The van der Waals surface area contributed by atoms with Gasteiger partial charge in [-0.05, 0) is 22.6 Å². The molecule has 11 heteroatoms. The lowest BCUT2D eigenvalue weighted by atomic mass is 10.1. The van der Waals surface area contributed by atoms with Gasteiger partial charge >= 0.3 is 18.0 Å². The summed E-state index contributed by atoms with van der Waals surface area (Å²) >= 11 is 0. The summed E-state index contributed by atoms with van der Waals surface area (Å²) in [6, 6.07) is 5.58. The highest BCUT2D eigenvalue weighted by Crippen LogP contribution is 2.29. The number of ether oxygens (including phenoxy) is 1. The third-order valence-electron chi connectivity index (χ3n) is 5.20. The molecule has 3 heterocycles. The Bertz CT molecular complexity index is 852. The molecule has 1 saturated heterocycles. The van der Waals surface area contributed by atoms with Crippen LogP contribution in [0.4, 0.5) is 19.0 Å². The Balaban J connectivity index is 1.23. The first-order valence-electron chi connectivity index (χ1n) is 9.27. The van der Waals surface area contributed by atoms with Gasteiger partial charge < -0.3 is 14.9 Å². The number of rotatable bonds is 5. The number of nitrogens with zero attached hydrogens (tertiary/aromatic N) is 5. The normalized spacial score (nSPS) is 20.4. The molecule has 1 aromatic heterocycles. The first-order chi connectivity index (χ1) is 13.8. The lowest BCUT2D eigenvalue weighted by molar-refractivity contribution is -0.389. The van der Waals surface area contributed by atoms with E-state index in [1.807, 2.05) is 0 Å². The Morgan fingerprint density at radius 3 is 2.38 bits per heavy atom. The first kappa shape index (κ1) is 19.6. The van der Waals surface area contributed by atoms with Gasteiger partial charge in [0.2, 0.25) is 0 Å². The maximum atomic E-state index is 12.6. The van der Waals surface area contributed by atoms with Crippen LogP contribution in [0.15, 0.2) is 30.5 Å². The highest BCUT2D eigenvalue weighted by Gasteiger charge is 2.33. The summed E-state index contributed by atoms with van der Waals surface area (Å²) in [6.45, 7) is 5.11. The predicted octanol–water partition coefficient (Wildman–Crippen LogP) is 2.39. The lowest BCUT2D eigenvalue weighted by Crippen LogP contribution is -2.48. The summed E-state index contributed by atoms with van der Waals surface area (Å²) in [6.07, 6.45) is -3.02. The van der Waals surface area contributed by atoms with Crippen molar-refractivity contribution in [3.05, 3.63) is 51.7 Å². The molecule has 4 rings (SSSR count). The molecule has 156 valence electrons. The van der Waals surface area contributed by atoms with Gasteiger partial charge in [-0.15, -0.1) is 0 Å². The number of alkyl halides is 3. The SMILES string of the molecule is O=[N+]([O-])c1cn2c(n1)OC(CN1CCN(Cc3ccc(C(F)(F)F)cc3)CC1)C2. The molecule has 29 heavy (non-hydrogen) atoms. The number of aromatic nitrogens is 2. The molecule has 1 unspecified atom stereocenters. The molecular formula is C18H20F3N5O3. The van der Waals surface area contributed by atoms with Gasteiger partial charge in [-0.1, -0.05) is 12.1 Å². The van der Waals surface area contributed by atoms with Crippen molar-refractivity contribution in [2.45, 2.75) is 25.4 Å². The van der Waals surface area contributed by atoms with Crippen LogP contribution in [0.5, 0.6) is 6.01 Å². The van der Waals surface area contributed by atoms with E-state index in [-0.39, 0.29) is 17.9 Å². The van der Waals surface area contributed by atoms with Gasteiger partial charge in [0, 0.05) is 44.3 Å². The maximum Gasteiger partial charge on any atom is 0.416 e. The molecule has 0 radical (unpaired) electrons. The second-order valence-electron chi connectivity index (χ2n) is 7.30. The summed E-state index contributed by atoms with van der Waals surface area (Å²) < 4.78 is 45.3. The number of imidazole rings is 1. The van der Waals surface area contributed by atoms with Crippen molar-refractivity contribution in [3.8, 4) is 6.01 Å². The zero-order chi connectivity index (χ0) is 20.6. The Kier molecular flexibility index (Phi) is 5.17. The predicted molar refractivity (Wildman–Crippen MR) is 96.5 cm³/mol. The molecule has 0 bridgehead atoms. The number of nitro groups is 1. The van der Waals surface area contributed by atoms with Crippen LogP contribution in [0.3, 0.4) is 0 Å². The fraction of sp³-hybridized carbons (Fsp3) is 0.500. The number of hydrogen-bond acceptors (Lipinski definition) is 6. The summed E-state index contributed by atoms with van der Waals surface area (Å²) in [5.41, 5.74) is 0.227. The van der Waals surface area contributed by atoms with Gasteiger partial charge in [-0.2, -0.15) is 13.2 Å². The van der Waals surface area contributed by atoms with Crippen LogP contribution >= 0.6 is 0 Å². The van der Waals surface area contributed by atoms with E-state index in [9.17, 15) is 23.3 Å². The standard InChI is InChI=1S/C18H20F3N5O3/c19-18(20,21)14-3-1-13(2-4-14)9-23-5-7-24(8-6-23)10-15-11-25-12-16(26(27)28)22-17(25)29-15/h1-4,12,15H,5-11H2.